The van der Waals surface area contributed by atoms with Crippen LogP contribution in [-0.2, 0) is 10.0 Å². The normalized spacial score (nSPS) is 17.0. The first-order valence-electron chi connectivity index (χ1n) is 8.97. The van der Waals surface area contributed by atoms with Gasteiger partial charge in [0.05, 0.1) is 4.90 Å². The third-order valence-corrected chi connectivity index (χ3v) is 5.92. The zero-order chi connectivity index (χ0) is 18.4. The van der Waals surface area contributed by atoms with Crippen LogP contribution in [0.4, 0.5) is 0 Å². The molecule has 0 saturated carbocycles. The minimum atomic E-state index is -3.60. The molecule has 0 atom stereocenters. The predicted molar refractivity (Wildman–Crippen MR) is 99.1 cm³/mol. The topological polar surface area (TPSA) is 78.5 Å². The van der Waals surface area contributed by atoms with E-state index in [4.69, 9.17) is 0 Å². The van der Waals surface area contributed by atoms with Gasteiger partial charge in [-0.2, -0.15) is 0 Å². The fourth-order valence-corrected chi connectivity index (χ4v) is 4.37. The number of sulfonamides is 1. The van der Waals surface area contributed by atoms with Gasteiger partial charge in [-0.25, -0.2) is 13.1 Å². The van der Waals surface area contributed by atoms with Gasteiger partial charge in [-0.05, 0) is 57.9 Å². The average Bonchev–Trinajstić information content (AvgIpc) is 2.56. The standard InChI is InChI=1S/C18H29N3O3S/c1-4-10-21-11-8-16(9-12-21)19-18(22)15-6-5-7-17(13-15)25(23,24)20-14(2)3/h5-7,13-14,16,20H,4,8-12H2,1-3H3,(H,19,22). The van der Waals surface area contributed by atoms with Gasteiger partial charge in [0, 0.05) is 30.7 Å². The molecule has 0 radical (unpaired) electrons. The molecule has 1 aliphatic heterocycles. The molecule has 0 unspecified atom stereocenters. The molecule has 0 aromatic heterocycles. The largest absolute Gasteiger partial charge is 0.349 e. The number of carbonyl (C=O) groups is 1. The van der Waals surface area contributed by atoms with E-state index in [2.05, 4.69) is 21.9 Å². The Hall–Kier alpha value is -1.44. The van der Waals surface area contributed by atoms with E-state index in [0.717, 1.165) is 38.9 Å². The molecule has 1 fully saturated rings. The lowest BCUT2D eigenvalue weighted by atomic mass is 10.0. The van der Waals surface area contributed by atoms with Crippen LogP contribution in [0.5, 0.6) is 0 Å². The molecule has 7 heteroatoms. The Morgan fingerprint density at radius 1 is 1.28 bits per heavy atom. The van der Waals surface area contributed by atoms with Crippen molar-refractivity contribution in [2.75, 3.05) is 19.6 Å². The van der Waals surface area contributed by atoms with Gasteiger partial charge < -0.3 is 10.2 Å². The van der Waals surface area contributed by atoms with Gasteiger partial charge in [-0.1, -0.05) is 13.0 Å². The first kappa shape index (κ1) is 19.9. The molecule has 0 aliphatic carbocycles. The van der Waals surface area contributed by atoms with Gasteiger partial charge in [-0.3, -0.25) is 4.79 Å². The molecule has 2 N–H and O–H groups in total. The van der Waals surface area contributed by atoms with Crippen molar-refractivity contribution in [3.05, 3.63) is 29.8 Å². The third-order valence-electron chi connectivity index (χ3n) is 4.26. The zero-order valence-corrected chi connectivity index (χ0v) is 16.1. The first-order valence-corrected chi connectivity index (χ1v) is 10.5. The third kappa shape index (κ3) is 5.80. The molecule has 25 heavy (non-hydrogen) atoms. The number of amides is 1. The SMILES string of the molecule is CCCN1CCC(NC(=O)c2cccc(S(=O)(=O)NC(C)C)c2)CC1. The summed E-state index contributed by atoms with van der Waals surface area (Å²) in [4.78, 5) is 15.0. The van der Waals surface area contributed by atoms with Crippen molar-refractivity contribution in [3.63, 3.8) is 0 Å². The van der Waals surface area contributed by atoms with Gasteiger partial charge in [0.1, 0.15) is 0 Å². The van der Waals surface area contributed by atoms with Crippen LogP contribution in [0.2, 0.25) is 0 Å². The summed E-state index contributed by atoms with van der Waals surface area (Å²) in [6.07, 6.45) is 3.00. The van der Waals surface area contributed by atoms with E-state index in [0.29, 0.717) is 5.56 Å². The summed E-state index contributed by atoms with van der Waals surface area (Å²) in [6, 6.07) is 6.14. The second-order valence-electron chi connectivity index (χ2n) is 6.89. The van der Waals surface area contributed by atoms with Crippen LogP contribution in [0.1, 0.15) is 50.4 Å². The van der Waals surface area contributed by atoms with Crippen LogP contribution in [0.15, 0.2) is 29.2 Å². The lowest BCUT2D eigenvalue weighted by Crippen LogP contribution is -2.44. The van der Waals surface area contributed by atoms with Crippen LogP contribution < -0.4 is 10.0 Å². The number of piperidine rings is 1. The summed E-state index contributed by atoms with van der Waals surface area (Å²) in [6.45, 7) is 8.78. The molecule has 1 amide bonds. The fourth-order valence-electron chi connectivity index (χ4n) is 3.07. The van der Waals surface area contributed by atoms with Crippen molar-refractivity contribution in [2.24, 2.45) is 0 Å². The summed E-state index contributed by atoms with van der Waals surface area (Å²) in [5.41, 5.74) is 0.377. The van der Waals surface area contributed by atoms with Crippen molar-refractivity contribution in [3.8, 4) is 0 Å². The highest BCUT2D eigenvalue weighted by Crippen LogP contribution is 2.14. The molecule has 1 saturated heterocycles. The van der Waals surface area contributed by atoms with Crippen molar-refractivity contribution >= 4 is 15.9 Å². The Labute approximate surface area is 151 Å². The fraction of sp³-hybridized carbons (Fsp3) is 0.611. The molecule has 0 bridgehead atoms. The molecule has 1 aromatic rings. The van der Waals surface area contributed by atoms with Crippen LogP contribution in [0.25, 0.3) is 0 Å². The van der Waals surface area contributed by atoms with Crippen molar-refractivity contribution in [1.29, 1.82) is 0 Å². The number of carbonyl (C=O) groups excluding carboxylic acids is 1. The number of nitrogens with one attached hydrogen (secondary N) is 2. The number of rotatable bonds is 7. The van der Waals surface area contributed by atoms with Crippen LogP contribution in [0.3, 0.4) is 0 Å². The second-order valence-corrected chi connectivity index (χ2v) is 8.61. The minimum Gasteiger partial charge on any atom is -0.349 e. The summed E-state index contributed by atoms with van der Waals surface area (Å²) in [5, 5.41) is 3.04. The highest BCUT2D eigenvalue weighted by molar-refractivity contribution is 7.89. The Kier molecular flexibility index (Phi) is 6.98. The van der Waals surface area contributed by atoms with Crippen LogP contribution in [0, 0.1) is 0 Å². The second kappa shape index (κ2) is 8.78. The molecule has 1 aliphatic rings. The van der Waals surface area contributed by atoms with Crippen molar-refractivity contribution < 1.29 is 13.2 Å². The number of hydrogen-bond donors (Lipinski definition) is 2. The summed E-state index contributed by atoms with van der Waals surface area (Å²) in [7, 11) is -3.60. The van der Waals surface area contributed by atoms with E-state index < -0.39 is 10.0 Å². The maximum Gasteiger partial charge on any atom is 0.251 e. The summed E-state index contributed by atoms with van der Waals surface area (Å²) >= 11 is 0. The minimum absolute atomic E-state index is 0.117. The number of nitrogens with zero attached hydrogens (tertiary/aromatic N) is 1. The highest BCUT2D eigenvalue weighted by atomic mass is 32.2. The maximum atomic E-state index is 12.5. The molecule has 140 valence electrons. The van der Waals surface area contributed by atoms with Crippen LogP contribution in [-0.4, -0.2) is 50.9 Å². The van der Waals surface area contributed by atoms with Crippen molar-refractivity contribution in [1.82, 2.24) is 14.9 Å². The smallest absolute Gasteiger partial charge is 0.251 e. The van der Waals surface area contributed by atoms with Gasteiger partial charge in [0.15, 0.2) is 0 Å². The Morgan fingerprint density at radius 2 is 1.96 bits per heavy atom. The van der Waals surface area contributed by atoms with E-state index in [1.807, 2.05) is 0 Å². The number of likely N-dealkylation sites (tertiary alicyclic amines) is 1. The average molecular weight is 368 g/mol. The molecule has 2 rings (SSSR count). The highest BCUT2D eigenvalue weighted by Gasteiger charge is 2.22. The lowest BCUT2D eigenvalue weighted by Gasteiger charge is -2.32. The molecule has 1 aromatic carbocycles. The molecule has 0 spiro atoms. The molecular formula is C18H29N3O3S. The van der Waals surface area contributed by atoms with Crippen molar-refractivity contribution in [2.45, 2.75) is 57.0 Å². The van der Waals surface area contributed by atoms with Crippen LogP contribution >= 0.6 is 0 Å². The maximum absolute atomic E-state index is 12.5. The van der Waals surface area contributed by atoms with E-state index in [1.165, 1.54) is 12.1 Å². The summed E-state index contributed by atoms with van der Waals surface area (Å²) in [5.74, 6) is -0.212. The predicted octanol–water partition coefficient (Wildman–Crippen LogP) is 1.98. The van der Waals surface area contributed by atoms with E-state index >= 15 is 0 Å². The van der Waals surface area contributed by atoms with Gasteiger partial charge in [0.2, 0.25) is 10.0 Å². The van der Waals surface area contributed by atoms with Gasteiger partial charge in [-0.15, -0.1) is 0 Å². The van der Waals surface area contributed by atoms with Gasteiger partial charge in [0.25, 0.3) is 5.91 Å². The molecule has 6 nitrogen and oxygen atoms in total. The first-order chi connectivity index (χ1) is 11.8. The molecular weight excluding hydrogens is 338 g/mol. The Balaban J connectivity index is 2.00. The number of hydrogen-bond acceptors (Lipinski definition) is 4. The van der Waals surface area contributed by atoms with E-state index in [9.17, 15) is 13.2 Å². The summed E-state index contributed by atoms with van der Waals surface area (Å²) < 4.78 is 27.0. The molecule has 1 heterocycles. The van der Waals surface area contributed by atoms with E-state index in [1.54, 1.807) is 26.0 Å². The Bertz CT molecular complexity index is 681. The van der Waals surface area contributed by atoms with E-state index in [-0.39, 0.29) is 22.9 Å². The Morgan fingerprint density at radius 3 is 2.56 bits per heavy atom. The monoisotopic (exact) mass is 367 g/mol. The lowest BCUT2D eigenvalue weighted by molar-refractivity contribution is 0.0911. The zero-order valence-electron chi connectivity index (χ0n) is 15.3. The number of benzene rings is 1. The van der Waals surface area contributed by atoms with Gasteiger partial charge >= 0.3 is 0 Å². The quantitative estimate of drug-likeness (QED) is 0.772.